The van der Waals surface area contributed by atoms with E-state index in [9.17, 15) is 0 Å². The van der Waals surface area contributed by atoms with E-state index in [0.717, 1.165) is 16.7 Å². The highest BCUT2D eigenvalue weighted by Gasteiger charge is 2.28. The molecule has 0 aromatic carbocycles. The highest BCUT2D eigenvalue weighted by molar-refractivity contribution is 9.10. The topological polar surface area (TPSA) is 56.7 Å². The Balaban J connectivity index is 3.02. The van der Waals surface area contributed by atoms with Gasteiger partial charge in [0.05, 0.1) is 5.69 Å². The molecule has 0 saturated carbocycles. The molecule has 0 amide bonds. The van der Waals surface area contributed by atoms with E-state index in [4.69, 9.17) is 5.73 Å². The molecule has 0 fully saturated rings. The summed E-state index contributed by atoms with van der Waals surface area (Å²) in [6.45, 7) is 6.32. The lowest BCUT2D eigenvalue weighted by atomic mass is 9.83. The fraction of sp³-hybridized carbons (Fsp3) is 0.778. The van der Waals surface area contributed by atoms with Gasteiger partial charge < -0.3 is 5.73 Å². The monoisotopic (exact) mass is 260 g/mol. The molecule has 80 valence electrons. The van der Waals surface area contributed by atoms with Crippen molar-refractivity contribution in [2.24, 2.45) is 12.8 Å². The Labute approximate surface area is 93.0 Å². The van der Waals surface area contributed by atoms with Crippen LogP contribution in [0.15, 0.2) is 4.60 Å². The molecule has 0 aliphatic heterocycles. The number of nitrogens with two attached hydrogens (primary N) is 1. The van der Waals surface area contributed by atoms with Gasteiger partial charge in [-0.05, 0) is 29.3 Å². The van der Waals surface area contributed by atoms with Crippen LogP contribution in [0.2, 0.25) is 0 Å². The Kier molecular flexibility index (Phi) is 3.32. The molecule has 0 bridgehead atoms. The van der Waals surface area contributed by atoms with Gasteiger partial charge in [0.1, 0.15) is 0 Å². The van der Waals surface area contributed by atoms with Crippen molar-refractivity contribution in [2.45, 2.75) is 38.6 Å². The molecule has 1 atom stereocenters. The van der Waals surface area contributed by atoms with Gasteiger partial charge in [-0.2, -0.15) is 0 Å². The maximum absolute atomic E-state index is 5.82. The van der Waals surface area contributed by atoms with Crippen molar-refractivity contribution in [3.8, 4) is 0 Å². The van der Waals surface area contributed by atoms with Gasteiger partial charge in [-0.25, -0.2) is 0 Å². The summed E-state index contributed by atoms with van der Waals surface area (Å²) in [7, 11) is 1.90. The number of halogens is 1. The average molecular weight is 261 g/mol. The summed E-state index contributed by atoms with van der Waals surface area (Å²) in [6.07, 6.45) is 0.910. The largest absolute Gasteiger partial charge is 0.328 e. The fourth-order valence-corrected chi connectivity index (χ4v) is 2.82. The van der Waals surface area contributed by atoms with Gasteiger partial charge in [0.15, 0.2) is 4.60 Å². The van der Waals surface area contributed by atoms with Gasteiger partial charge in [-0.15, -0.1) is 5.10 Å². The molecule has 1 heterocycles. The van der Waals surface area contributed by atoms with Gasteiger partial charge in [-0.1, -0.05) is 19.1 Å². The zero-order valence-electron chi connectivity index (χ0n) is 9.08. The molecular formula is C9H17BrN4. The van der Waals surface area contributed by atoms with Gasteiger partial charge >= 0.3 is 0 Å². The quantitative estimate of drug-likeness (QED) is 0.898. The average Bonchev–Trinajstić information content (AvgIpc) is 2.27. The SMILES string of the molecule is CC(N)CC(C)(C)c1c(Br)nnn1C. The molecule has 1 unspecified atom stereocenters. The van der Waals surface area contributed by atoms with Crippen LogP contribution < -0.4 is 5.73 Å². The Morgan fingerprint density at radius 1 is 1.57 bits per heavy atom. The van der Waals surface area contributed by atoms with Crippen LogP contribution in [0.1, 0.15) is 32.9 Å². The summed E-state index contributed by atoms with van der Waals surface area (Å²) in [5.41, 5.74) is 6.90. The van der Waals surface area contributed by atoms with Crippen molar-refractivity contribution in [1.29, 1.82) is 0 Å². The molecule has 0 aliphatic rings. The zero-order chi connectivity index (χ0) is 10.9. The first-order valence-electron chi connectivity index (χ1n) is 4.66. The van der Waals surface area contributed by atoms with Crippen LogP contribution in [0, 0.1) is 0 Å². The van der Waals surface area contributed by atoms with E-state index in [2.05, 4.69) is 40.1 Å². The lowest BCUT2D eigenvalue weighted by molar-refractivity contribution is 0.406. The van der Waals surface area contributed by atoms with Crippen molar-refractivity contribution in [3.05, 3.63) is 10.3 Å². The molecule has 5 heteroatoms. The van der Waals surface area contributed by atoms with E-state index < -0.39 is 0 Å². The maximum Gasteiger partial charge on any atom is 0.152 e. The van der Waals surface area contributed by atoms with Gasteiger partial charge in [0.25, 0.3) is 0 Å². The molecule has 0 spiro atoms. The van der Waals surface area contributed by atoms with E-state index in [-0.39, 0.29) is 11.5 Å². The third kappa shape index (κ3) is 2.33. The first-order valence-corrected chi connectivity index (χ1v) is 5.45. The van der Waals surface area contributed by atoms with Crippen LogP contribution in [0.25, 0.3) is 0 Å². The summed E-state index contributed by atoms with van der Waals surface area (Å²) >= 11 is 3.41. The lowest BCUT2D eigenvalue weighted by Crippen LogP contribution is -2.30. The second kappa shape index (κ2) is 3.98. The molecule has 1 rings (SSSR count). The van der Waals surface area contributed by atoms with E-state index in [1.54, 1.807) is 4.68 Å². The summed E-state index contributed by atoms with van der Waals surface area (Å²) in [6, 6.07) is 0.173. The van der Waals surface area contributed by atoms with Crippen LogP contribution >= 0.6 is 15.9 Å². The minimum absolute atomic E-state index is 0.00868. The first kappa shape index (κ1) is 11.7. The molecule has 14 heavy (non-hydrogen) atoms. The number of rotatable bonds is 3. The molecular weight excluding hydrogens is 244 g/mol. The summed E-state index contributed by atoms with van der Waals surface area (Å²) < 4.78 is 2.61. The maximum atomic E-state index is 5.82. The standard InChI is InChI=1S/C9H17BrN4/c1-6(11)5-9(2,3)7-8(10)12-13-14(7)4/h6H,5,11H2,1-4H3. The second-order valence-corrected chi connectivity index (χ2v) is 5.17. The number of hydrogen-bond donors (Lipinski definition) is 1. The van der Waals surface area contributed by atoms with Crippen LogP contribution in [0.4, 0.5) is 0 Å². The van der Waals surface area contributed by atoms with E-state index in [0.29, 0.717) is 0 Å². The number of hydrogen-bond acceptors (Lipinski definition) is 3. The smallest absolute Gasteiger partial charge is 0.152 e. The van der Waals surface area contributed by atoms with Crippen molar-refractivity contribution in [3.63, 3.8) is 0 Å². The summed E-state index contributed by atoms with van der Waals surface area (Å²) in [4.78, 5) is 0. The van der Waals surface area contributed by atoms with Gasteiger partial charge in [0.2, 0.25) is 0 Å². The van der Waals surface area contributed by atoms with E-state index in [1.807, 2.05) is 14.0 Å². The molecule has 1 aromatic rings. The Hall–Kier alpha value is -0.420. The number of aromatic nitrogens is 3. The van der Waals surface area contributed by atoms with Crippen LogP contribution in [-0.2, 0) is 12.5 Å². The van der Waals surface area contributed by atoms with Crippen molar-refractivity contribution in [2.75, 3.05) is 0 Å². The normalized spacial score (nSPS) is 14.4. The Morgan fingerprint density at radius 2 is 2.14 bits per heavy atom. The molecule has 0 aliphatic carbocycles. The third-order valence-corrected chi connectivity index (χ3v) is 2.79. The fourth-order valence-electron chi connectivity index (χ4n) is 1.95. The van der Waals surface area contributed by atoms with Crippen molar-refractivity contribution < 1.29 is 0 Å². The second-order valence-electron chi connectivity index (χ2n) is 4.42. The number of aryl methyl sites for hydroxylation is 1. The number of nitrogens with zero attached hydrogens (tertiary/aromatic N) is 3. The van der Waals surface area contributed by atoms with E-state index in [1.165, 1.54) is 0 Å². The predicted molar refractivity (Wildman–Crippen MR) is 60.0 cm³/mol. The van der Waals surface area contributed by atoms with Crippen LogP contribution in [0.5, 0.6) is 0 Å². The van der Waals surface area contributed by atoms with Gasteiger partial charge in [-0.3, -0.25) is 4.68 Å². The molecule has 0 radical (unpaired) electrons. The zero-order valence-corrected chi connectivity index (χ0v) is 10.7. The third-order valence-electron chi connectivity index (χ3n) is 2.26. The molecule has 2 N–H and O–H groups in total. The Morgan fingerprint density at radius 3 is 2.50 bits per heavy atom. The highest BCUT2D eigenvalue weighted by Crippen LogP contribution is 2.31. The Bertz CT molecular complexity index is 297. The van der Waals surface area contributed by atoms with Crippen molar-refractivity contribution >= 4 is 15.9 Å². The predicted octanol–water partition coefficient (Wildman–Crippen LogP) is 1.59. The van der Waals surface area contributed by atoms with Gasteiger partial charge in [0, 0.05) is 18.5 Å². The lowest BCUT2D eigenvalue weighted by Gasteiger charge is -2.26. The molecule has 1 aromatic heterocycles. The minimum atomic E-state index is -0.00868. The van der Waals surface area contributed by atoms with Crippen LogP contribution in [-0.4, -0.2) is 21.0 Å². The van der Waals surface area contributed by atoms with Crippen LogP contribution in [0.3, 0.4) is 0 Å². The van der Waals surface area contributed by atoms with Crippen molar-refractivity contribution in [1.82, 2.24) is 15.0 Å². The molecule has 0 saturated heterocycles. The highest BCUT2D eigenvalue weighted by atomic mass is 79.9. The summed E-state index contributed by atoms with van der Waals surface area (Å²) in [5, 5.41) is 7.95. The minimum Gasteiger partial charge on any atom is -0.328 e. The molecule has 4 nitrogen and oxygen atoms in total. The summed E-state index contributed by atoms with van der Waals surface area (Å²) in [5.74, 6) is 0. The van der Waals surface area contributed by atoms with E-state index >= 15 is 0 Å². The first-order chi connectivity index (χ1) is 6.34.